The van der Waals surface area contributed by atoms with E-state index in [2.05, 4.69) is 58.2 Å². The second-order valence-electron chi connectivity index (χ2n) is 10.7. The predicted molar refractivity (Wildman–Crippen MR) is 150 cm³/mol. The summed E-state index contributed by atoms with van der Waals surface area (Å²) in [6.07, 6.45) is 14.1. The highest BCUT2D eigenvalue weighted by Gasteiger charge is 2.40. The third-order valence-electron chi connectivity index (χ3n) is 8.71. The van der Waals surface area contributed by atoms with Gasteiger partial charge >= 0.3 is 5.69 Å². The first-order valence-electron chi connectivity index (χ1n) is 14.2. The fourth-order valence-electron chi connectivity index (χ4n) is 6.35. The summed E-state index contributed by atoms with van der Waals surface area (Å²) in [5.74, 6) is 0.621. The Morgan fingerprint density at radius 1 is 1.05 bits per heavy atom. The molecule has 1 fully saturated rings. The molecule has 1 saturated carbocycles. The van der Waals surface area contributed by atoms with Gasteiger partial charge in [0, 0.05) is 35.3 Å². The zero-order chi connectivity index (χ0) is 26.5. The smallest absolute Gasteiger partial charge is 0.295 e. The molecule has 200 valence electrons. The Morgan fingerprint density at radius 3 is 2.55 bits per heavy atom. The van der Waals surface area contributed by atoms with Crippen LogP contribution in [0.4, 0.5) is 0 Å². The molecule has 5 rings (SSSR count). The minimum Gasteiger partial charge on any atom is -0.295 e. The van der Waals surface area contributed by atoms with Crippen LogP contribution in [0.25, 0.3) is 22.5 Å². The lowest BCUT2D eigenvalue weighted by Gasteiger charge is -2.43. The molecule has 0 aliphatic heterocycles. The molecule has 1 aliphatic carbocycles. The Balaban J connectivity index is 1.46. The average molecular weight is 514 g/mol. The van der Waals surface area contributed by atoms with Gasteiger partial charge in [-0.2, -0.15) is 0 Å². The van der Waals surface area contributed by atoms with Crippen molar-refractivity contribution >= 4 is 0 Å². The fourth-order valence-corrected chi connectivity index (χ4v) is 6.35. The van der Waals surface area contributed by atoms with Crippen LogP contribution in [0, 0.1) is 5.41 Å². The van der Waals surface area contributed by atoms with E-state index in [-0.39, 0.29) is 17.1 Å². The number of rotatable bonds is 10. The fraction of sp³-hybridized carbons (Fsp3) is 0.500. The topological polar surface area (TPSA) is 94.3 Å². The number of pyridine rings is 1. The summed E-state index contributed by atoms with van der Waals surface area (Å²) in [6, 6.07) is 12.4. The molecule has 1 aromatic carbocycles. The van der Waals surface area contributed by atoms with Gasteiger partial charge < -0.3 is 0 Å². The number of hydrogen-bond donors (Lipinski definition) is 1. The van der Waals surface area contributed by atoms with E-state index in [0.717, 1.165) is 66.6 Å². The molecule has 4 aromatic rings. The lowest BCUT2D eigenvalue weighted by atomic mass is 9.67. The largest absolute Gasteiger partial charge is 0.328 e. The van der Waals surface area contributed by atoms with Crippen molar-refractivity contribution in [3.63, 3.8) is 0 Å². The Kier molecular flexibility index (Phi) is 7.86. The third-order valence-corrected chi connectivity index (χ3v) is 8.71. The highest BCUT2D eigenvalue weighted by atomic mass is 16.1. The van der Waals surface area contributed by atoms with Gasteiger partial charge in [0.15, 0.2) is 5.82 Å². The van der Waals surface area contributed by atoms with Crippen molar-refractivity contribution in [3.05, 3.63) is 70.7 Å². The first kappa shape index (κ1) is 26.1. The van der Waals surface area contributed by atoms with Crippen LogP contribution in [0.2, 0.25) is 0 Å². The van der Waals surface area contributed by atoms with Gasteiger partial charge in [-0.05, 0) is 66.0 Å². The molecule has 1 N–H and O–H groups in total. The molecule has 0 amide bonds. The zero-order valence-electron chi connectivity index (χ0n) is 22.9. The lowest BCUT2D eigenvalue weighted by Crippen LogP contribution is -2.39. The summed E-state index contributed by atoms with van der Waals surface area (Å²) >= 11 is 0. The minimum atomic E-state index is 0.114. The number of hydrogen-bond acceptors (Lipinski definition) is 5. The van der Waals surface area contributed by atoms with Gasteiger partial charge in [-0.1, -0.05) is 70.4 Å². The van der Waals surface area contributed by atoms with Crippen molar-refractivity contribution in [1.82, 2.24) is 34.7 Å². The molecule has 8 heteroatoms. The monoisotopic (exact) mass is 513 g/mol. The van der Waals surface area contributed by atoms with Gasteiger partial charge in [-0.3, -0.25) is 14.1 Å². The summed E-state index contributed by atoms with van der Waals surface area (Å²) in [5.41, 5.74) is 5.24. The molecule has 3 heterocycles. The minimum absolute atomic E-state index is 0.114. The van der Waals surface area contributed by atoms with E-state index in [9.17, 15) is 4.79 Å². The molecule has 8 nitrogen and oxygen atoms in total. The van der Waals surface area contributed by atoms with Crippen molar-refractivity contribution in [2.75, 3.05) is 0 Å². The second-order valence-corrected chi connectivity index (χ2v) is 10.7. The molecule has 0 spiro atoms. The second kappa shape index (κ2) is 11.5. The number of aromatic nitrogens is 7. The molecule has 0 bridgehead atoms. The van der Waals surface area contributed by atoms with E-state index in [4.69, 9.17) is 4.98 Å². The number of tetrazole rings is 1. The van der Waals surface area contributed by atoms with Crippen LogP contribution in [-0.4, -0.2) is 34.7 Å². The Labute approximate surface area is 224 Å². The zero-order valence-corrected chi connectivity index (χ0v) is 22.9. The Bertz CT molecular complexity index is 1380. The van der Waals surface area contributed by atoms with Crippen molar-refractivity contribution in [2.45, 2.75) is 91.1 Å². The first-order chi connectivity index (χ1) is 18.6. The van der Waals surface area contributed by atoms with E-state index < -0.39 is 0 Å². The maximum Gasteiger partial charge on any atom is 0.328 e. The average Bonchev–Trinajstić information content (AvgIpc) is 3.61. The molecule has 1 aliphatic rings. The van der Waals surface area contributed by atoms with Crippen LogP contribution in [0.3, 0.4) is 0 Å². The number of aryl methyl sites for hydroxylation is 1. The number of imidazole rings is 1. The molecule has 3 aromatic heterocycles. The normalized spacial score (nSPS) is 17.1. The lowest BCUT2D eigenvalue weighted by molar-refractivity contribution is 0.0872. The molecule has 1 atom stereocenters. The van der Waals surface area contributed by atoms with Gasteiger partial charge in [-0.25, -0.2) is 9.89 Å². The van der Waals surface area contributed by atoms with E-state index in [1.165, 1.54) is 19.3 Å². The number of aromatic amines is 1. The SMILES string of the molecule is CCCCc1cn(C2CCCCC2(CC)CC)c(=O)n1Cc1ccc(-c2ccccc2-c2nnn[nH]2)cn1. The van der Waals surface area contributed by atoms with E-state index in [0.29, 0.717) is 12.4 Å². The van der Waals surface area contributed by atoms with Gasteiger partial charge in [0.05, 0.1) is 12.2 Å². The van der Waals surface area contributed by atoms with Gasteiger partial charge in [0.2, 0.25) is 0 Å². The molecule has 0 saturated heterocycles. The highest BCUT2D eigenvalue weighted by molar-refractivity contribution is 5.79. The predicted octanol–water partition coefficient (Wildman–Crippen LogP) is 6.20. The summed E-state index contributed by atoms with van der Waals surface area (Å²) < 4.78 is 4.06. The van der Waals surface area contributed by atoms with Crippen molar-refractivity contribution in [1.29, 1.82) is 0 Å². The number of unbranched alkanes of at least 4 members (excludes halogenated alkanes) is 1. The van der Waals surface area contributed by atoms with Crippen molar-refractivity contribution in [2.24, 2.45) is 5.41 Å². The van der Waals surface area contributed by atoms with Gasteiger partial charge in [-0.15, -0.1) is 5.10 Å². The van der Waals surface area contributed by atoms with Crippen molar-refractivity contribution < 1.29 is 0 Å². The van der Waals surface area contributed by atoms with Crippen molar-refractivity contribution in [3.8, 4) is 22.5 Å². The molecular weight excluding hydrogens is 474 g/mol. The Morgan fingerprint density at radius 2 is 1.87 bits per heavy atom. The molecule has 38 heavy (non-hydrogen) atoms. The van der Waals surface area contributed by atoms with Crippen LogP contribution in [-0.2, 0) is 13.0 Å². The standard InChI is InChI=1S/C30H39N7O/c1-4-7-12-24-21-37(27-15-10-11-18-30(27,5-2)6-3)29(38)36(24)20-23-17-16-22(19-31-23)25-13-8-9-14-26(25)28-32-34-35-33-28/h8-9,13-14,16-17,19,21,27H,4-7,10-12,15,18,20H2,1-3H3,(H,32,33,34,35). The van der Waals surface area contributed by atoms with Gasteiger partial charge in [0.1, 0.15) is 0 Å². The van der Waals surface area contributed by atoms with Crippen LogP contribution in [0.1, 0.15) is 89.6 Å². The van der Waals surface area contributed by atoms with E-state index in [1.807, 2.05) is 41.1 Å². The summed E-state index contributed by atoms with van der Waals surface area (Å²) in [4.78, 5) is 18.7. The van der Waals surface area contributed by atoms with Crippen LogP contribution in [0.15, 0.2) is 53.6 Å². The van der Waals surface area contributed by atoms with E-state index >= 15 is 0 Å². The third kappa shape index (κ3) is 4.96. The number of nitrogens with zero attached hydrogens (tertiary/aromatic N) is 6. The van der Waals surface area contributed by atoms with Gasteiger partial charge in [0.25, 0.3) is 0 Å². The number of H-pyrrole nitrogens is 1. The quantitative estimate of drug-likeness (QED) is 0.272. The number of nitrogens with one attached hydrogen (secondary N) is 1. The Hall–Kier alpha value is -3.55. The summed E-state index contributed by atoms with van der Waals surface area (Å²) in [5, 5.41) is 14.4. The van der Waals surface area contributed by atoms with Crippen LogP contribution < -0.4 is 5.69 Å². The molecule has 1 unspecified atom stereocenters. The molecular formula is C30H39N7O. The summed E-state index contributed by atoms with van der Waals surface area (Å²) in [6.45, 7) is 7.28. The van der Waals surface area contributed by atoms with E-state index in [1.54, 1.807) is 0 Å². The van der Waals surface area contributed by atoms with Crippen LogP contribution >= 0.6 is 0 Å². The maximum atomic E-state index is 13.9. The summed E-state index contributed by atoms with van der Waals surface area (Å²) in [7, 11) is 0. The molecule has 0 radical (unpaired) electrons. The number of benzene rings is 1. The maximum absolute atomic E-state index is 13.9. The van der Waals surface area contributed by atoms with Crippen LogP contribution in [0.5, 0.6) is 0 Å². The first-order valence-corrected chi connectivity index (χ1v) is 14.2. The highest BCUT2D eigenvalue weighted by Crippen LogP contribution is 2.48.